The molecule has 23 heavy (non-hydrogen) atoms. The van der Waals surface area contributed by atoms with Crippen LogP contribution in [0.4, 0.5) is 23.2 Å². The highest BCUT2D eigenvalue weighted by Crippen LogP contribution is 2.36. The van der Waals surface area contributed by atoms with E-state index in [0.29, 0.717) is 6.07 Å². The van der Waals surface area contributed by atoms with Crippen LogP contribution in [0.5, 0.6) is 0 Å². The summed E-state index contributed by atoms with van der Waals surface area (Å²) in [4.78, 5) is 0. The van der Waals surface area contributed by atoms with Crippen molar-refractivity contribution in [1.29, 1.82) is 10.7 Å². The summed E-state index contributed by atoms with van der Waals surface area (Å²) in [6, 6.07) is 2.19. The molecule has 0 bridgehead atoms. The molecule has 120 valence electrons. The van der Waals surface area contributed by atoms with Crippen LogP contribution in [0.2, 0.25) is 5.02 Å². The highest BCUT2D eigenvalue weighted by molar-refractivity contribution is 9.11. The Balaban J connectivity index is 3.36. The van der Waals surface area contributed by atoms with Gasteiger partial charge in [-0.3, -0.25) is 5.41 Å². The summed E-state index contributed by atoms with van der Waals surface area (Å²) in [5.74, 6) is 0.707. The third-order valence-electron chi connectivity index (χ3n) is 2.37. The van der Waals surface area contributed by atoms with Crippen LogP contribution in [0.3, 0.4) is 0 Å². The Morgan fingerprint density at radius 1 is 1.39 bits per heavy atom. The van der Waals surface area contributed by atoms with Gasteiger partial charge < -0.3 is 10.4 Å². The van der Waals surface area contributed by atoms with E-state index < -0.39 is 34.0 Å². The van der Waals surface area contributed by atoms with Crippen molar-refractivity contribution < 1.29 is 22.7 Å². The third kappa shape index (κ3) is 4.62. The number of hydrogen-bond donors (Lipinski definition) is 3. The topological polar surface area (TPSA) is 79.9 Å². The van der Waals surface area contributed by atoms with Crippen LogP contribution in [0.15, 0.2) is 22.3 Å². The monoisotopic (exact) mass is 409 g/mol. The maximum Gasteiger partial charge on any atom is 0.416 e. The van der Waals surface area contributed by atoms with Gasteiger partial charge in [-0.1, -0.05) is 11.6 Å². The number of nitrogens with one attached hydrogen (secondary N) is 2. The van der Waals surface area contributed by atoms with Crippen molar-refractivity contribution in [3.05, 3.63) is 38.7 Å². The zero-order chi connectivity index (χ0) is 17.8. The number of anilines is 1. The van der Waals surface area contributed by atoms with E-state index in [1.165, 1.54) is 12.2 Å². The van der Waals surface area contributed by atoms with Crippen LogP contribution in [-0.4, -0.2) is 10.8 Å². The molecule has 4 nitrogen and oxygen atoms in total. The Morgan fingerprint density at radius 3 is 2.43 bits per heavy atom. The largest absolute Gasteiger partial charge is 0.462 e. The molecule has 0 saturated heterocycles. The zero-order valence-corrected chi connectivity index (χ0v) is 13.2. The molecule has 0 radical (unpaired) electrons. The highest BCUT2D eigenvalue weighted by atomic mass is 79.9. The Kier molecular flexibility index (Phi) is 6.02. The summed E-state index contributed by atoms with van der Waals surface area (Å²) in [7, 11) is 0. The average Bonchev–Trinajstić information content (AvgIpc) is 2.46. The third-order valence-corrected chi connectivity index (χ3v) is 3.26. The molecule has 1 rings (SSSR count). The molecular formula is C13H5BrClF4N3O. The van der Waals surface area contributed by atoms with Crippen LogP contribution < -0.4 is 5.32 Å². The van der Waals surface area contributed by atoms with Crippen molar-refractivity contribution in [2.75, 3.05) is 5.32 Å². The molecule has 3 N–H and O–H groups in total. The first kappa shape index (κ1) is 18.8. The van der Waals surface area contributed by atoms with Gasteiger partial charge >= 0.3 is 6.18 Å². The number of alkyl halides is 3. The fourth-order valence-electron chi connectivity index (χ4n) is 1.37. The van der Waals surface area contributed by atoms with Crippen LogP contribution in [-0.2, 0) is 6.18 Å². The van der Waals surface area contributed by atoms with Gasteiger partial charge in [-0.2, -0.15) is 18.4 Å². The summed E-state index contributed by atoms with van der Waals surface area (Å²) in [6.07, 6.45) is -3.31. The molecule has 0 amide bonds. The molecule has 0 aliphatic rings. The van der Waals surface area contributed by atoms with Crippen LogP contribution in [0, 0.1) is 34.6 Å². The van der Waals surface area contributed by atoms with Gasteiger partial charge in [-0.25, -0.2) is 4.39 Å². The Bertz CT molecular complexity index is 764. The first-order valence-corrected chi connectivity index (χ1v) is 6.66. The normalized spacial score (nSPS) is 11.7. The van der Waals surface area contributed by atoms with E-state index in [-0.39, 0.29) is 16.2 Å². The number of aliphatic hydroxyl groups is 1. The van der Waals surface area contributed by atoms with E-state index in [1.54, 1.807) is 0 Å². The number of nitrogens with zero attached hydrogens (tertiary/aromatic N) is 1. The lowest BCUT2D eigenvalue weighted by Gasteiger charge is -2.13. The van der Waals surface area contributed by atoms with Gasteiger partial charge in [0.25, 0.3) is 0 Å². The molecule has 0 atom stereocenters. The number of allylic oxidation sites excluding steroid dienone is 1. The molecule has 0 fully saturated rings. The number of benzene rings is 1. The van der Waals surface area contributed by atoms with Crippen LogP contribution in [0.25, 0.3) is 0 Å². The van der Waals surface area contributed by atoms with Crippen molar-refractivity contribution in [1.82, 2.24) is 0 Å². The van der Waals surface area contributed by atoms with Crippen molar-refractivity contribution >= 4 is 38.9 Å². The lowest BCUT2D eigenvalue weighted by atomic mass is 10.1. The SMILES string of the molecule is N#CC(=N)/C(C#CO)=C(/Br)Nc1c(F)cc(C(F)(F)F)cc1Cl. The van der Waals surface area contributed by atoms with E-state index in [1.807, 2.05) is 5.92 Å². The molecular weight excluding hydrogens is 406 g/mol. The minimum Gasteiger partial charge on any atom is -0.462 e. The Hall–Kier alpha value is -2.23. The standard InChI is InChI=1S/C13H5BrClF4N3O/c14-12(7(1-2-23)10(21)5-20)22-11-8(15)3-6(4-9(11)16)13(17,18)19/h3-4,21-23H/b12-7-,21-10?. The first-order chi connectivity index (χ1) is 10.6. The summed E-state index contributed by atoms with van der Waals surface area (Å²) >= 11 is 8.50. The minimum atomic E-state index is -4.77. The zero-order valence-electron chi connectivity index (χ0n) is 10.8. The molecule has 0 aromatic heterocycles. The van der Waals surface area contributed by atoms with E-state index >= 15 is 0 Å². The van der Waals surface area contributed by atoms with Crippen molar-refractivity contribution in [3.8, 4) is 18.1 Å². The Morgan fingerprint density at radius 2 is 2.00 bits per heavy atom. The Labute approximate surface area is 141 Å². The lowest BCUT2D eigenvalue weighted by molar-refractivity contribution is -0.137. The molecule has 0 aliphatic carbocycles. The molecule has 1 aromatic carbocycles. The number of nitriles is 1. The van der Waals surface area contributed by atoms with Gasteiger partial charge in [-0.15, -0.1) is 0 Å². The summed E-state index contributed by atoms with van der Waals surface area (Å²) in [6.45, 7) is 0. The average molecular weight is 411 g/mol. The molecule has 0 spiro atoms. The minimum absolute atomic E-state index is 0.230. The van der Waals surface area contributed by atoms with E-state index in [9.17, 15) is 17.6 Å². The predicted molar refractivity (Wildman–Crippen MR) is 79.0 cm³/mol. The molecule has 1 aromatic rings. The lowest BCUT2D eigenvalue weighted by Crippen LogP contribution is -2.09. The van der Waals surface area contributed by atoms with Gasteiger partial charge in [0, 0.05) is 0 Å². The quantitative estimate of drug-likeness (QED) is 0.299. The molecule has 0 unspecified atom stereocenters. The van der Waals surface area contributed by atoms with Gasteiger partial charge in [0.2, 0.25) is 0 Å². The van der Waals surface area contributed by atoms with E-state index in [0.717, 1.165) is 0 Å². The number of halogens is 6. The second-order valence-corrected chi connectivity index (χ2v) is 5.05. The molecule has 10 heteroatoms. The first-order valence-electron chi connectivity index (χ1n) is 5.49. The predicted octanol–water partition coefficient (Wildman–Crippen LogP) is 4.39. The highest BCUT2D eigenvalue weighted by Gasteiger charge is 2.32. The van der Waals surface area contributed by atoms with Gasteiger partial charge in [0.1, 0.15) is 22.6 Å². The van der Waals surface area contributed by atoms with Gasteiger partial charge in [-0.05, 0) is 34.0 Å². The van der Waals surface area contributed by atoms with Gasteiger partial charge in [0.15, 0.2) is 5.71 Å². The fraction of sp³-hybridized carbons (Fsp3) is 0.0769. The van der Waals surface area contributed by atoms with Crippen LogP contribution >= 0.6 is 27.5 Å². The van der Waals surface area contributed by atoms with E-state index in [4.69, 9.17) is 27.4 Å². The van der Waals surface area contributed by atoms with Crippen molar-refractivity contribution in [3.63, 3.8) is 0 Å². The number of rotatable bonds is 3. The maximum atomic E-state index is 13.8. The fourth-order valence-corrected chi connectivity index (χ4v) is 2.12. The van der Waals surface area contributed by atoms with Crippen LogP contribution in [0.1, 0.15) is 5.56 Å². The summed E-state index contributed by atoms with van der Waals surface area (Å²) < 4.78 is 51.3. The number of aliphatic hydroxyl groups excluding tert-OH is 1. The summed E-state index contributed by atoms with van der Waals surface area (Å²) in [5, 5.41) is 26.2. The molecule has 0 saturated carbocycles. The van der Waals surface area contributed by atoms with E-state index in [2.05, 4.69) is 21.2 Å². The van der Waals surface area contributed by atoms with Gasteiger partial charge in [0.05, 0.1) is 21.8 Å². The summed E-state index contributed by atoms with van der Waals surface area (Å²) in [5.41, 5.74) is -2.81. The molecule has 0 aliphatic heterocycles. The van der Waals surface area contributed by atoms with Crippen molar-refractivity contribution in [2.45, 2.75) is 6.18 Å². The maximum absolute atomic E-state index is 13.8. The second-order valence-electron chi connectivity index (χ2n) is 3.85. The molecule has 0 heterocycles. The van der Waals surface area contributed by atoms with Crippen molar-refractivity contribution in [2.24, 2.45) is 0 Å². The second kappa shape index (κ2) is 7.36. The smallest absolute Gasteiger partial charge is 0.416 e. The number of hydrogen-bond acceptors (Lipinski definition) is 4.